The molecule has 5 heteroatoms. The number of nitrogens with zero attached hydrogens (tertiary/aromatic N) is 3. The molecule has 0 atom stereocenters. The second-order valence-electron chi connectivity index (χ2n) is 23.5. The first-order chi connectivity index (χ1) is 36.1. The van der Waals surface area contributed by atoms with Crippen LogP contribution in [0.2, 0.25) is 0 Å². The van der Waals surface area contributed by atoms with Crippen LogP contribution in [-0.4, -0.2) is 19.6 Å². The van der Waals surface area contributed by atoms with Crippen LogP contribution in [0.25, 0.3) is 83.9 Å². The maximum atomic E-state index is 12.8. The van der Waals surface area contributed by atoms with Crippen molar-refractivity contribution in [3.05, 3.63) is 228 Å². The summed E-state index contributed by atoms with van der Waals surface area (Å²) in [5, 5.41) is 12.8. The molecule has 0 unspecified atom stereocenters. The number of para-hydroxylation sites is 1. The van der Waals surface area contributed by atoms with Crippen LogP contribution in [0.15, 0.2) is 194 Å². The van der Waals surface area contributed by atoms with Gasteiger partial charge in [-0.2, -0.15) is 0 Å². The number of hydrogen-bond acceptors (Lipinski definition) is 3. The van der Waals surface area contributed by atoms with Crippen LogP contribution in [0.3, 0.4) is 0 Å². The summed E-state index contributed by atoms with van der Waals surface area (Å²) in [7, 11) is 0. The van der Waals surface area contributed by atoms with Gasteiger partial charge in [-0.1, -0.05) is 232 Å². The molecule has 1 saturated carbocycles. The minimum Gasteiger partial charge on any atom is -0.507 e. The molecule has 0 spiro atoms. The van der Waals surface area contributed by atoms with Gasteiger partial charge in [0.15, 0.2) is 0 Å². The molecular formula is C71H68N3OPt-. The normalized spacial score (nSPS) is 13.3. The van der Waals surface area contributed by atoms with Crippen LogP contribution in [0, 0.1) is 12.0 Å². The molecule has 1 N–H and O–H groups in total. The fourth-order valence-electron chi connectivity index (χ4n) is 11.3. The first-order valence-corrected chi connectivity index (χ1v) is 26.9. The molecule has 2 aromatic heterocycles. The third-order valence-electron chi connectivity index (χ3n) is 15.9. The molecule has 0 bridgehead atoms. The van der Waals surface area contributed by atoms with Gasteiger partial charge < -0.3 is 5.11 Å². The molecule has 0 aliphatic heterocycles. The maximum absolute atomic E-state index is 12.8. The predicted octanol–water partition coefficient (Wildman–Crippen LogP) is 18.6. The Morgan fingerprint density at radius 3 is 1.76 bits per heavy atom. The number of hydrogen-bond donors (Lipinski definition) is 1. The van der Waals surface area contributed by atoms with E-state index in [9.17, 15) is 5.11 Å². The minimum absolute atomic E-state index is 0. The van der Waals surface area contributed by atoms with Crippen molar-refractivity contribution in [3.63, 3.8) is 0 Å². The summed E-state index contributed by atoms with van der Waals surface area (Å²) in [4.78, 5) is 10.8. The van der Waals surface area contributed by atoms with Crippen molar-refractivity contribution in [1.29, 1.82) is 0 Å². The number of aromatic hydroxyl groups is 1. The second-order valence-corrected chi connectivity index (χ2v) is 23.5. The number of imidazole rings is 1. The van der Waals surface area contributed by atoms with Gasteiger partial charge in [0.2, 0.25) is 0 Å². The smallest absolute Gasteiger partial charge is 0.148 e. The van der Waals surface area contributed by atoms with Crippen molar-refractivity contribution in [2.24, 2.45) is 5.92 Å². The Kier molecular flexibility index (Phi) is 14.5. The summed E-state index contributed by atoms with van der Waals surface area (Å²) >= 11 is 0. The average molecular weight is 1170 g/mol. The van der Waals surface area contributed by atoms with Crippen LogP contribution in [0.1, 0.15) is 109 Å². The zero-order chi connectivity index (χ0) is 52.1. The topological polar surface area (TPSA) is 50.9 Å². The van der Waals surface area contributed by atoms with Gasteiger partial charge in [0.05, 0.1) is 22.3 Å². The zero-order valence-corrected chi connectivity index (χ0v) is 47.5. The van der Waals surface area contributed by atoms with Gasteiger partial charge in [0, 0.05) is 49.5 Å². The molecular weight excluding hydrogens is 1110 g/mol. The number of rotatable bonds is 11. The first kappa shape index (κ1) is 52.3. The number of aromatic nitrogens is 3. The molecule has 1 aliphatic rings. The largest absolute Gasteiger partial charge is 0.507 e. The van der Waals surface area contributed by atoms with Gasteiger partial charge >= 0.3 is 0 Å². The van der Waals surface area contributed by atoms with Crippen LogP contribution >= 0.6 is 0 Å². The van der Waals surface area contributed by atoms with E-state index in [0.717, 1.165) is 84.5 Å². The fraction of sp³-hybridized carbons (Fsp3) is 0.239. The molecule has 76 heavy (non-hydrogen) atoms. The van der Waals surface area contributed by atoms with E-state index in [-0.39, 0.29) is 43.1 Å². The molecule has 1 aliphatic carbocycles. The van der Waals surface area contributed by atoms with Crippen molar-refractivity contribution in [2.75, 3.05) is 0 Å². The standard InChI is InChI=1S/C71H68N3O.Pt/c1-69(2,3)57-42-53(41-54(43-57)63-44-52(37-38-72-63)49-32-34-56(35-33-49)71(7,8)55-27-16-11-17-28-55)59-29-20-30-65-66(59)73-68(62-46-58(70(4,5)6)45-61(67(62)75)51-25-14-10-15-26-51)74(65)64-36-31-48(39-47-21-18-19-22-47)40-60(64)50-23-12-9-13-24-50;/h9-17,20,23-38,40,42-47,75H,18-19,21-22,39H2,1-8H3;/q-1;. The number of phenolic OH excluding ortho intramolecular Hbond substituents is 1. The Bertz CT molecular complexity index is 3670. The Labute approximate surface area is 465 Å². The van der Waals surface area contributed by atoms with Crippen molar-refractivity contribution in [2.45, 2.75) is 104 Å². The molecule has 0 amide bonds. The van der Waals surface area contributed by atoms with E-state index >= 15 is 0 Å². The van der Waals surface area contributed by atoms with Crippen molar-refractivity contribution < 1.29 is 26.2 Å². The van der Waals surface area contributed by atoms with E-state index in [4.69, 9.17) is 9.97 Å². The summed E-state index contributed by atoms with van der Waals surface area (Å²) in [6.07, 6.45) is 8.18. The number of benzene rings is 8. The number of phenols is 1. The zero-order valence-electron chi connectivity index (χ0n) is 45.2. The molecule has 11 rings (SSSR count). The van der Waals surface area contributed by atoms with Crippen LogP contribution in [0.4, 0.5) is 0 Å². The Hall–Kier alpha value is -7.13. The van der Waals surface area contributed by atoms with Crippen molar-refractivity contribution in [3.8, 4) is 78.6 Å². The molecule has 384 valence electrons. The molecule has 1 fully saturated rings. The maximum Gasteiger partial charge on any atom is 0.148 e. The van der Waals surface area contributed by atoms with E-state index < -0.39 is 0 Å². The van der Waals surface area contributed by atoms with E-state index in [1.807, 2.05) is 24.4 Å². The van der Waals surface area contributed by atoms with Crippen LogP contribution < -0.4 is 0 Å². The van der Waals surface area contributed by atoms with Crippen LogP contribution in [-0.2, 0) is 43.7 Å². The number of pyridine rings is 1. The van der Waals surface area contributed by atoms with E-state index in [0.29, 0.717) is 17.3 Å². The summed E-state index contributed by atoms with van der Waals surface area (Å²) in [5.41, 5.74) is 19.0. The predicted molar refractivity (Wildman–Crippen MR) is 314 cm³/mol. The van der Waals surface area contributed by atoms with E-state index in [2.05, 4.69) is 236 Å². The van der Waals surface area contributed by atoms with Gasteiger partial charge in [0.1, 0.15) is 11.6 Å². The van der Waals surface area contributed by atoms with Crippen LogP contribution in [0.5, 0.6) is 5.75 Å². The number of fused-ring (bicyclic) bond motifs is 1. The fourth-order valence-corrected chi connectivity index (χ4v) is 11.3. The summed E-state index contributed by atoms with van der Waals surface area (Å²) < 4.78 is 2.31. The molecule has 0 saturated heterocycles. The van der Waals surface area contributed by atoms with Crippen molar-refractivity contribution in [1.82, 2.24) is 14.5 Å². The van der Waals surface area contributed by atoms with Gasteiger partial charge in [-0.3, -0.25) is 9.55 Å². The van der Waals surface area contributed by atoms with Gasteiger partial charge in [-0.15, -0.1) is 29.3 Å². The second kappa shape index (κ2) is 21.1. The first-order valence-electron chi connectivity index (χ1n) is 26.9. The summed E-state index contributed by atoms with van der Waals surface area (Å²) in [6.45, 7) is 18.1. The molecule has 0 radical (unpaired) electrons. The van der Waals surface area contributed by atoms with E-state index in [1.54, 1.807) is 0 Å². The molecule has 8 aromatic carbocycles. The Morgan fingerprint density at radius 2 is 1.11 bits per heavy atom. The Morgan fingerprint density at radius 1 is 0.513 bits per heavy atom. The minimum atomic E-state index is -0.224. The molecule has 10 aromatic rings. The van der Waals surface area contributed by atoms with Gasteiger partial charge in [-0.25, -0.2) is 4.98 Å². The third-order valence-corrected chi connectivity index (χ3v) is 15.9. The molecule has 4 nitrogen and oxygen atoms in total. The van der Waals surface area contributed by atoms with E-state index in [1.165, 1.54) is 47.9 Å². The average Bonchev–Trinajstić information content (AvgIpc) is 4.15. The molecule has 2 heterocycles. The third kappa shape index (κ3) is 10.4. The summed E-state index contributed by atoms with van der Waals surface area (Å²) in [5.74, 6) is 1.58. The summed E-state index contributed by atoms with van der Waals surface area (Å²) in [6, 6.07) is 71.3. The monoisotopic (exact) mass is 1170 g/mol. The van der Waals surface area contributed by atoms with Crippen molar-refractivity contribution >= 4 is 11.0 Å². The Balaban J connectivity index is 0.00000657. The van der Waals surface area contributed by atoms with Gasteiger partial charge in [-0.05, 0) is 104 Å². The van der Waals surface area contributed by atoms with Gasteiger partial charge in [0.25, 0.3) is 0 Å². The quantitative estimate of drug-likeness (QED) is 0.131. The SMILES string of the molecule is CC(C)(C)c1cc(-c2cc(-c3ccc(C(C)(C)c4ccccc4)cc3)ccn2)[c-]c(-c2cccc3c2nc(-c2cc(C(C)(C)C)cc(-c4ccccc4)c2O)n3-c2ccc(CC3CCCC3)cc2-c2ccccc2)c1.[Pt].